The number of hydrogen-bond donors (Lipinski definition) is 2. The standard InChI is InChI=1S/C16H20N4O3/c1-10-15(22-11(2)20-10)16(21)19-8-12-7-13(4-6-18-12)23-14-3-5-17-9-14/h4,6-7,14,17H,3,5,8-9H2,1-2H3,(H,19,21). The maximum absolute atomic E-state index is 12.1. The minimum atomic E-state index is -0.295. The maximum atomic E-state index is 12.1. The van der Waals surface area contributed by atoms with Gasteiger partial charge in [-0.15, -0.1) is 0 Å². The number of hydrogen-bond acceptors (Lipinski definition) is 6. The number of ether oxygens (including phenoxy) is 1. The molecule has 1 aliphatic rings. The number of carbonyl (C=O) groups is 1. The molecule has 0 aliphatic carbocycles. The van der Waals surface area contributed by atoms with Gasteiger partial charge in [0.05, 0.1) is 17.9 Å². The number of nitrogens with zero attached hydrogens (tertiary/aromatic N) is 2. The first-order valence-electron chi connectivity index (χ1n) is 7.66. The molecule has 1 saturated heterocycles. The summed E-state index contributed by atoms with van der Waals surface area (Å²) in [6.07, 6.45) is 2.88. The van der Waals surface area contributed by atoms with Crippen LogP contribution in [0.1, 0.15) is 34.3 Å². The van der Waals surface area contributed by atoms with Gasteiger partial charge >= 0.3 is 0 Å². The van der Waals surface area contributed by atoms with Crippen LogP contribution >= 0.6 is 0 Å². The molecular formula is C16H20N4O3. The Labute approximate surface area is 134 Å². The van der Waals surface area contributed by atoms with Crippen LogP contribution in [-0.2, 0) is 6.54 Å². The number of carbonyl (C=O) groups excluding carboxylic acids is 1. The van der Waals surface area contributed by atoms with Crippen LogP contribution in [0.5, 0.6) is 5.75 Å². The molecule has 1 unspecified atom stereocenters. The van der Waals surface area contributed by atoms with Gasteiger partial charge in [-0.1, -0.05) is 0 Å². The van der Waals surface area contributed by atoms with Crippen LogP contribution in [0.3, 0.4) is 0 Å². The van der Waals surface area contributed by atoms with Crippen LogP contribution < -0.4 is 15.4 Å². The Balaban J connectivity index is 1.59. The van der Waals surface area contributed by atoms with Gasteiger partial charge in [0.25, 0.3) is 5.91 Å². The molecule has 3 rings (SSSR count). The minimum Gasteiger partial charge on any atom is -0.489 e. The van der Waals surface area contributed by atoms with Crippen molar-refractivity contribution >= 4 is 5.91 Å². The average molecular weight is 316 g/mol. The van der Waals surface area contributed by atoms with Crippen LogP contribution in [0.2, 0.25) is 0 Å². The van der Waals surface area contributed by atoms with Crippen molar-refractivity contribution in [3.8, 4) is 5.75 Å². The van der Waals surface area contributed by atoms with E-state index in [0.717, 1.165) is 31.0 Å². The number of aryl methyl sites for hydroxylation is 2. The normalized spacial score (nSPS) is 17.2. The van der Waals surface area contributed by atoms with E-state index >= 15 is 0 Å². The summed E-state index contributed by atoms with van der Waals surface area (Å²) in [5, 5.41) is 6.05. The second-order valence-electron chi connectivity index (χ2n) is 5.55. The first-order valence-corrected chi connectivity index (χ1v) is 7.66. The molecule has 0 spiro atoms. The van der Waals surface area contributed by atoms with Crippen molar-refractivity contribution in [1.82, 2.24) is 20.6 Å². The van der Waals surface area contributed by atoms with E-state index in [1.54, 1.807) is 20.0 Å². The van der Waals surface area contributed by atoms with Crippen LogP contribution in [-0.4, -0.2) is 35.1 Å². The number of oxazole rings is 1. The third kappa shape index (κ3) is 3.87. The van der Waals surface area contributed by atoms with Crippen molar-refractivity contribution < 1.29 is 13.9 Å². The topological polar surface area (TPSA) is 89.3 Å². The molecule has 1 fully saturated rings. The van der Waals surface area contributed by atoms with Gasteiger partial charge in [0.2, 0.25) is 5.76 Å². The number of amides is 1. The highest BCUT2D eigenvalue weighted by Gasteiger charge is 2.17. The van der Waals surface area contributed by atoms with E-state index < -0.39 is 0 Å². The minimum absolute atomic E-state index is 0.194. The van der Waals surface area contributed by atoms with Crippen molar-refractivity contribution in [2.75, 3.05) is 13.1 Å². The predicted octanol–water partition coefficient (Wildman–Crippen LogP) is 1.36. The molecule has 0 radical (unpaired) electrons. The molecule has 2 aromatic rings. The zero-order chi connectivity index (χ0) is 16.2. The quantitative estimate of drug-likeness (QED) is 0.866. The number of nitrogens with one attached hydrogen (secondary N) is 2. The summed E-state index contributed by atoms with van der Waals surface area (Å²) >= 11 is 0. The lowest BCUT2D eigenvalue weighted by atomic mass is 10.3. The summed E-state index contributed by atoms with van der Waals surface area (Å²) in [6.45, 7) is 5.60. The zero-order valence-electron chi connectivity index (χ0n) is 13.3. The van der Waals surface area contributed by atoms with E-state index in [1.165, 1.54) is 0 Å². The third-order valence-corrected chi connectivity index (χ3v) is 3.65. The summed E-state index contributed by atoms with van der Waals surface area (Å²) in [4.78, 5) is 20.4. The number of rotatable bonds is 5. The van der Waals surface area contributed by atoms with Gasteiger partial charge in [-0.05, 0) is 26.0 Å². The highest BCUT2D eigenvalue weighted by molar-refractivity contribution is 5.92. The van der Waals surface area contributed by atoms with Gasteiger partial charge in [-0.25, -0.2) is 4.98 Å². The van der Waals surface area contributed by atoms with Crippen LogP contribution in [0, 0.1) is 13.8 Å². The molecule has 23 heavy (non-hydrogen) atoms. The summed E-state index contributed by atoms with van der Waals surface area (Å²) in [5.74, 6) is 1.19. The fraction of sp³-hybridized carbons (Fsp3) is 0.438. The highest BCUT2D eigenvalue weighted by atomic mass is 16.5. The Morgan fingerprint density at radius 2 is 2.39 bits per heavy atom. The van der Waals surface area contributed by atoms with Gasteiger partial charge in [0.1, 0.15) is 11.9 Å². The maximum Gasteiger partial charge on any atom is 0.289 e. The third-order valence-electron chi connectivity index (χ3n) is 3.65. The average Bonchev–Trinajstić information content (AvgIpc) is 3.14. The fourth-order valence-electron chi connectivity index (χ4n) is 2.54. The molecule has 0 aromatic carbocycles. The Hall–Kier alpha value is -2.41. The molecule has 2 aromatic heterocycles. The van der Waals surface area contributed by atoms with Crippen molar-refractivity contribution in [3.05, 3.63) is 41.4 Å². The second-order valence-corrected chi connectivity index (χ2v) is 5.55. The Kier molecular flexibility index (Phi) is 4.57. The van der Waals surface area contributed by atoms with E-state index in [-0.39, 0.29) is 17.8 Å². The summed E-state index contributed by atoms with van der Waals surface area (Å²) in [6, 6.07) is 3.67. The molecule has 1 amide bonds. The molecule has 1 atom stereocenters. The lowest BCUT2D eigenvalue weighted by molar-refractivity contribution is 0.0920. The van der Waals surface area contributed by atoms with Gasteiger partial charge in [-0.2, -0.15) is 0 Å². The molecule has 0 bridgehead atoms. The second kappa shape index (κ2) is 6.78. The summed E-state index contributed by atoms with van der Waals surface area (Å²) < 4.78 is 11.2. The predicted molar refractivity (Wildman–Crippen MR) is 83.3 cm³/mol. The van der Waals surface area contributed by atoms with E-state index in [4.69, 9.17) is 9.15 Å². The van der Waals surface area contributed by atoms with Crippen molar-refractivity contribution in [3.63, 3.8) is 0 Å². The lowest BCUT2D eigenvalue weighted by Gasteiger charge is -2.13. The molecular weight excluding hydrogens is 296 g/mol. The molecule has 7 nitrogen and oxygen atoms in total. The van der Waals surface area contributed by atoms with E-state index in [0.29, 0.717) is 18.1 Å². The van der Waals surface area contributed by atoms with Crippen molar-refractivity contribution in [2.24, 2.45) is 0 Å². The summed E-state index contributed by atoms with van der Waals surface area (Å²) in [7, 11) is 0. The molecule has 122 valence electrons. The van der Waals surface area contributed by atoms with Gasteiger partial charge in [0.15, 0.2) is 5.89 Å². The van der Waals surface area contributed by atoms with E-state index in [1.807, 2.05) is 12.1 Å². The first-order chi connectivity index (χ1) is 11.1. The van der Waals surface area contributed by atoms with Gasteiger partial charge in [0, 0.05) is 25.7 Å². The Morgan fingerprint density at radius 3 is 3.09 bits per heavy atom. The lowest BCUT2D eigenvalue weighted by Crippen LogP contribution is -2.24. The Bertz CT molecular complexity index is 692. The number of pyridine rings is 1. The highest BCUT2D eigenvalue weighted by Crippen LogP contribution is 2.16. The first kappa shape index (κ1) is 15.5. The number of aromatic nitrogens is 2. The van der Waals surface area contributed by atoms with Crippen LogP contribution in [0.25, 0.3) is 0 Å². The van der Waals surface area contributed by atoms with E-state index in [2.05, 4.69) is 20.6 Å². The molecule has 3 heterocycles. The molecule has 0 saturated carbocycles. The van der Waals surface area contributed by atoms with Crippen molar-refractivity contribution in [1.29, 1.82) is 0 Å². The molecule has 2 N–H and O–H groups in total. The fourth-order valence-corrected chi connectivity index (χ4v) is 2.54. The summed E-state index contributed by atoms with van der Waals surface area (Å²) in [5.41, 5.74) is 1.31. The SMILES string of the molecule is Cc1nc(C)c(C(=O)NCc2cc(OC3CCNC3)ccn2)o1. The zero-order valence-corrected chi connectivity index (χ0v) is 13.3. The van der Waals surface area contributed by atoms with Gasteiger partial charge in [-0.3, -0.25) is 9.78 Å². The van der Waals surface area contributed by atoms with Crippen LogP contribution in [0.4, 0.5) is 0 Å². The molecule has 1 aliphatic heterocycles. The molecule has 7 heteroatoms. The smallest absolute Gasteiger partial charge is 0.289 e. The monoisotopic (exact) mass is 316 g/mol. The van der Waals surface area contributed by atoms with Crippen molar-refractivity contribution in [2.45, 2.75) is 32.9 Å². The van der Waals surface area contributed by atoms with E-state index in [9.17, 15) is 4.79 Å². The Morgan fingerprint density at radius 1 is 1.52 bits per heavy atom. The van der Waals surface area contributed by atoms with Crippen LogP contribution in [0.15, 0.2) is 22.7 Å². The largest absolute Gasteiger partial charge is 0.489 e. The van der Waals surface area contributed by atoms with Gasteiger partial charge < -0.3 is 19.8 Å².